The second-order valence-electron chi connectivity index (χ2n) is 6.80. The molecule has 1 aliphatic rings. The van der Waals surface area contributed by atoms with Gasteiger partial charge in [0.05, 0.1) is 17.1 Å². The Morgan fingerprint density at radius 3 is 2.92 bits per heavy atom. The number of aryl methyl sites for hydroxylation is 2. The second-order valence-corrected chi connectivity index (χ2v) is 6.80. The minimum Gasteiger partial charge on any atom is -0.337 e. The average Bonchev–Trinajstić information content (AvgIpc) is 2.93. The average molecular weight is 351 g/mol. The van der Waals surface area contributed by atoms with Crippen LogP contribution in [0.1, 0.15) is 34.8 Å². The number of carbonyl (C=O) groups excluding carboxylic acids is 1. The molecule has 3 aromatic rings. The first-order chi connectivity index (χ1) is 12.6. The van der Waals surface area contributed by atoms with Crippen LogP contribution in [-0.4, -0.2) is 43.0 Å². The number of hydrogen-bond donors (Lipinski definition) is 0. The zero-order valence-electron chi connectivity index (χ0n) is 14.9. The molecule has 1 atom stereocenters. The van der Waals surface area contributed by atoms with Crippen LogP contribution < -0.4 is 5.69 Å². The minimum absolute atomic E-state index is 0.0263. The molecule has 1 fully saturated rings. The summed E-state index contributed by atoms with van der Waals surface area (Å²) < 4.78 is 3.36. The summed E-state index contributed by atoms with van der Waals surface area (Å²) in [6, 6.07) is 5.49. The van der Waals surface area contributed by atoms with Crippen molar-refractivity contribution in [2.75, 3.05) is 13.1 Å². The fourth-order valence-electron chi connectivity index (χ4n) is 3.73. The third-order valence-electron chi connectivity index (χ3n) is 5.17. The van der Waals surface area contributed by atoms with Gasteiger partial charge in [0.15, 0.2) is 5.65 Å². The molecule has 4 rings (SSSR count). The number of fused-ring (bicyclic) bond motifs is 1. The molecule has 7 nitrogen and oxygen atoms in total. The van der Waals surface area contributed by atoms with Crippen molar-refractivity contribution in [3.05, 3.63) is 58.4 Å². The third kappa shape index (κ3) is 2.60. The molecule has 7 heteroatoms. The zero-order chi connectivity index (χ0) is 18.3. The molecule has 0 N–H and O–H groups in total. The monoisotopic (exact) mass is 351 g/mol. The number of rotatable bonds is 2. The lowest BCUT2D eigenvalue weighted by Gasteiger charge is -2.33. The normalized spacial score (nSPS) is 17.6. The van der Waals surface area contributed by atoms with Crippen molar-refractivity contribution in [3.8, 4) is 0 Å². The van der Waals surface area contributed by atoms with E-state index in [-0.39, 0.29) is 17.6 Å². The number of carbonyl (C=O) groups is 1. The van der Waals surface area contributed by atoms with E-state index in [9.17, 15) is 9.59 Å². The summed E-state index contributed by atoms with van der Waals surface area (Å²) in [5.41, 5.74) is 2.93. The lowest BCUT2D eigenvalue weighted by atomic mass is 10.0. The van der Waals surface area contributed by atoms with Gasteiger partial charge in [0, 0.05) is 38.7 Å². The van der Waals surface area contributed by atoms with Gasteiger partial charge in [-0.1, -0.05) is 0 Å². The first-order valence-electron chi connectivity index (χ1n) is 8.79. The van der Waals surface area contributed by atoms with Gasteiger partial charge in [0.25, 0.3) is 5.91 Å². The van der Waals surface area contributed by atoms with Crippen molar-refractivity contribution < 1.29 is 4.79 Å². The predicted molar refractivity (Wildman–Crippen MR) is 98.1 cm³/mol. The van der Waals surface area contributed by atoms with Gasteiger partial charge in [-0.3, -0.25) is 18.9 Å². The number of aromatic nitrogens is 4. The molecular weight excluding hydrogens is 330 g/mol. The van der Waals surface area contributed by atoms with Crippen LogP contribution in [0.15, 0.2) is 41.6 Å². The summed E-state index contributed by atoms with van der Waals surface area (Å²) in [5.74, 6) is -0.0263. The van der Waals surface area contributed by atoms with Crippen molar-refractivity contribution in [2.45, 2.75) is 25.8 Å². The molecule has 0 aromatic carbocycles. The van der Waals surface area contributed by atoms with Gasteiger partial charge in [-0.25, -0.2) is 9.78 Å². The van der Waals surface area contributed by atoms with Gasteiger partial charge in [-0.05, 0) is 43.5 Å². The summed E-state index contributed by atoms with van der Waals surface area (Å²) >= 11 is 0. The Morgan fingerprint density at radius 1 is 1.27 bits per heavy atom. The van der Waals surface area contributed by atoms with E-state index in [2.05, 4.69) is 9.97 Å². The second kappa shape index (κ2) is 6.40. The molecular formula is C19H21N5O2. The maximum absolute atomic E-state index is 12.9. The molecule has 0 spiro atoms. The van der Waals surface area contributed by atoms with Crippen LogP contribution in [0.4, 0.5) is 0 Å². The molecule has 0 radical (unpaired) electrons. The van der Waals surface area contributed by atoms with Crippen molar-refractivity contribution in [1.29, 1.82) is 0 Å². The lowest BCUT2D eigenvalue weighted by Crippen LogP contribution is -2.43. The van der Waals surface area contributed by atoms with Crippen molar-refractivity contribution in [3.63, 3.8) is 0 Å². The topological polar surface area (TPSA) is 73.0 Å². The number of piperidine rings is 1. The highest BCUT2D eigenvalue weighted by Crippen LogP contribution is 2.25. The van der Waals surface area contributed by atoms with E-state index in [4.69, 9.17) is 0 Å². The Kier molecular flexibility index (Phi) is 4.06. The van der Waals surface area contributed by atoms with E-state index in [1.807, 2.05) is 30.0 Å². The van der Waals surface area contributed by atoms with Gasteiger partial charge >= 0.3 is 5.69 Å². The fraction of sp³-hybridized carbons (Fsp3) is 0.368. The van der Waals surface area contributed by atoms with Crippen LogP contribution >= 0.6 is 0 Å². The highest BCUT2D eigenvalue weighted by Gasteiger charge is 2.29. The number of pyridine rings is 2. The van der Waals surface area contributed by atoms with E-state index in [0.29, 0.717) is 24.3 Å². The third-order valence-corrected chi connectivity index (χ3v) is 5.17. The van der Waals surface area contributed by atoms with Crippen LogP contribution in [0, 0.1) is 6.92 Å². The number of imidazole rings is 1. The zero-order valence-corrected chi connectivity index (χ0v) is 14.9. The molecule has 134 valence electrons. The number of hydrogen-bond acceptors (Lipinski definition) is 4. The minimum atomic E-state index is -0.0874. The summed E-state index contributed by atoms with van der Waals surface area (Å²) in [7, 11) is 1.76. The van der Waals surface area contributed by atoms with Crippen molar-refractivity contribution >= 4 is 17.1 Å². The first-order valence-corrected chi connectivity index (χ1v) is 8.79. The van der Waals surface area contributed by atoms with E-state index in [1.54, 1.807) is 34.8 Å². The SMILES string of the molecule is Cc1ccncc1C(=O)N1CCC[C@H](n2c(=O)n(C)c3cccnc32)C1. The standard InChI is InChI=1S/C19H21N5O2/c1-13-7-9-20-11-15(13)18(25)23-10-4-5-14(12-23)24-17-16(6-3-8-21-17)22(2)19(24)26/h3,6-9,11,14H,4-5,10,12H2,1-2H3/t14-/m0/s1. The van der Waals surface area contributed by atoms with Crippen molar-refractivity contribution in [2.24, 2.45) is 7.05 Å². The lowest BCUT2D eigenvalue weighted by molar-refractivity contribution is 0.0678. The van der Waals surface area contributed by atoms with E-state index in [0.717, 1.165) is 23.9 Å². The molecule has 1 saturated heterocycles. The van der Waals surface area contributed by atoms with Gasteiger partial charge in [-0.2, -0.15) is 0 Å². The van der Waals surface area contributed by atoms with E-state index >= 15 is 0 Å². The molecule has 1 amide bonds. The maximum atomic E-state index is 12.9. The van der Waals surface area contributed by atoms with Gasteiger partial charge in [0.2, 0.25) is 0 Å². The van der Waals surface area contributed by atoms with Crippen LogP contribution in [-0.2, 0) is 7.05 Å². The number of amides is 1. The van der Waals surface area contributed by atoms with Crippen LogP contribution in [0.5, 0.6) is 0 Å². The number of nitrogens with zero attached hydrogens (tertiary/aromatic N) is 5. The Bertz CT molecular complexity index is 1040. The molecule has 3 aromatic heterocycles. The molecule has 0 saturated carbocycles. The van der Waals surface area contributed by atoms with E-state index < -0.39 is 0 Å². The largest absolute Gasteiger partial charge is 0.337 e. The molecule has 0 aliphatic carbocycles. The number of likely N-dealkylation sites (tertiary alicyclic amines) is 1. The molecule has 4 heterocycles. The summed E-state index contributed by atoms with van der Waals surface area (Å²) in [6.07, 6.45) is 6.71. The summed E-state index contributed by atoms with van der Waals surface area (Å²) in [6.45, 7) is 3.11. The van der Waals surface area contributed by atoms with Gasteiger partial charge in [-0.15, -0.1) is 0 Å². The Morgan fingerprint density at radius 2 is 2.12 bits per heavy atom. The summed E-state index contributed by atoms with van der Waals surface area (Å²) in [4.78, 5) is 36.0. The van der Waals surface area contributed by atoms with Crippen LogP contribution in [0.25, 0.3) is 11.2 Å². The highest BCUT2D eigenvalue weighted by molar-refractivity contribution is 5.95. The Balaban J connectivity index is 1.68. The maximum Gasteiger partial charge on any atom is 0.330 e. The van der Waals surface area contributed by atoms with Gasteiger partial charge < -0.3 is 4.90 Å². The molecule has 0 bridgehead atoms. The molecule has 0 unspecified atom stereocenters. The smallest absolute Gasteiger partial charge is 0.330 e. The Labute approximate surface area is 150 Å². The predicted octanol–water partition coefficient (Wildman–Crippen LogP) is 1.92. The van der Waals surface area contributed by atoms with Crippen LogP contribution in [0.2, 0.25) is 0 Å². The molecule has 1 aliphatic heterocycles. The highest BCUT2D eigenvalue weighted by atomic mass is 16.2. The van der Waals surface area contributed by atoms with E-state index in [1.165, 1.54) is 0 Å². The Hall–Kier alpha value is -2.96. The first kappa shape index (κ1) is 16.5. The fourth-order valence-corrected chi connectivity index (χ4v) is 3.73. The quantitative estimate of drug-likeness (QED) is 0.707. The van der Waals surface area contributed by atoms with Crippen molar-refractivity contribution in [1.82, 2.24) is 24.0 Å². The summed E-state index contributed by atoms with van der Waals surface area (Å²) in [5, 5.41) is 0. The van der Waals surface area contributed by atoms with Gasteiger partial charge in [0.1, 0.15) is 0 Å². The van der Waals surface area contributed by atoms with Crippen LogP contribution in [0.3, 0.4) is 0 Å². The molecule has 26 heavy (non-hydrogen) atoms.